The molecule has 0 aromatic heterocycles. The lowest BCUT2D eigenvalue weighted by molar-refractivity contribution is -0.355. The molecule has 2 rings (SSSR count). The molecule has 11 heteroatoms. The van der Waals surface area contributed by atoms with Crippen molar-refractivity contribution in [2.24, 2.45) is 0 Å². The SMILES string of the molecule is OCC1O[C@H](O[C@@H]2C(CO)OC(O)C(O)[C@@H]2O)C(O)[C@H](O)[C@@H]1O. The second-order valence-corrected chi connectivity index (χ2v) is 5.53. The molecule has 0 spiro atoms. The Morgan fingerprint density at radius 2 is 1.26 bits per heavy atom. The van der Waals surface area contributed by atoms with Crippen LogP contribution in [0.1, 0.15) is 0 Å². The maximum atomic E-state index is 9.94. The topological polar surface area (TPSA) is 190 Å². The van der Waals surface area contributed by atoms with E-state index < -0.39 is 74.6 Å². The maximum Gasteiger partial charge on any atom is 0.187 e. The number of hydrogen-bond acceptors (Lipinski definition) is 11. The predicted molar refractivity (Wildman–Crippen MR) is 68.6 cm³/mol. The number of aliphatic hydroxyl groups is 8. The molecule has 8 N–H and O–H groups in total. The Morgan fingerprint density at radius 3 is 1.83 bits per heavy atom. The van der Waals surface area contributed by atoms with Crippen LogP contribution in [-0.2, 0) is 14.2 Å². The van der Waals surface area contributed by atoms with Gasteiger partial charge in [-0.3, -0.25) is 0 Å². The average molecular weight is 342 g/mol. The lowest BCUT2D eigenvalue weighted by Crippen LogP contribution is -2.64. The van der Waals surface area contributed by atoms with Gasteiger partial charge in [0.05, 0.1) is 13.2 Å². The van der Waals surface area contributed by atoms with Gasteiger partial charge in [-0.05, 0) is 0 Å². The van der Waals surface area contributed by atoms with Gasteiger partial charge >= 0.3 is 0 Å². The molecule has 2 aliphatic heterocycles. The molecule has 2 saturated heterocycles. The van der Waals surface area contributed by atoms with Crippen molar-refractivity contribution in [3.8, 4) is 0 Å². The van der Waals surface area contributed by atoms with Crippen molar-refractivity contribution in [1.82, 2.24) is 0 Å². The molecule has 2 heterocycles. The van der Waals surface area contributed by atoms with Crippen LogP contribution in [0, 0.1) is 0 Å². The molecule has 5 unspecified atom stereocenters. The van der Waals surface area contributed by atoms with Crippen molar-refractivity contribution in [3.05, 3.63) is 0 Å². The average Bonchev–Trinajstić information content (AvgIpc) is 2.55. The van der Waals surface area contributed by atoms with E-state index in [2.05, 4.69) is 0 Å². The van der Waals surface area contributed by atoms with E-state index in [4.69, 9.17) is 19.3 Å². The summed E-state index contributed by atoms with van der Waals surface area (Å²) in [5, 5.41) is 76.5. The lowest BCUT2D eigenvalue weighted by Gasteiger charge is -2.45. The highest BCUT2D eigenvalue weighted by Gasteiger charge is 2.50. The van der Waals surface area contributed by atoms with Gasteiger partial charge in [-0.1, -0.05) is 0 Å². The van der Waals surface area contributed by atoms with Crippen molar-refractivity contribution in [3.63, 3.8) is 0 Å². The maximum absolute atomic E-state index is 9.94. The highest BCUT2D eigenvalue weighted by Crippen LogP contribution is 2.28. The minimum atomic E-state index is -1.74. The molecule has 0 amide bonds. The van der Waals surface area contributed by atoms with E-state index in [1.807, 2.05) is 0 Å². The molecule has 10 atom stereocenters. The van der Waals surface area contributed by atoms with E-state index in [9.17, 15) is 35.7 Å². The van der Waals surface area contributed by atoms with E-state index in [0.29, 0.717) is 0 Å². The van der Waals surface area contributed by atoms with Crippen molar-refractivity contribution in [2.75, 3.05) is 13.2 Å². The van der Waals surface area contributed by atoms with Gasteiger partial charge in [0.1, 0.15) is 48.8 Å². The van der Waals surface area contributed by atoms with E-state index in [1.54, 1.807) is 0 Å². The molecule has 2 aliphatic rings. The molecule has 136 valence electrons. The first kappa shape index (κ1) is 18.9. The summed E-state index contributed by atoms with van der Waals surface area (Å²) in [6, 6.07) is 0. The molecular formula is C12H22O11. The molecular weight excluding hydrogens is 320 g/mol. The first-order chi connectivity index (χ1) is 10.8. The number of ether oxygens (including phenoxy) is 3. The number of aliphatic hydroxyl groups excluding tert-OH is 8. The second kappa shape index (κ2) is 7.63. The Labute approximate surface area is 130 Å². The van der Waals surface area contributed by atoms with Crippen molar-refractivity contribution in [2.45, 2.75) is 61.4 Å². The van der Waals surface area contributed by atoms with E-state index in [1.165, 1.54) is 0 Å². The van der Waals surface area contributed by atoms with Crippen molar-refractivity contribution >= 4 is 0 Å². The van der Waals surface area contributed by atoms with Gasteiger partial charge in [-0.15, -0.1) is 0 Å². The quantitative estimate of drug-likeness (QED) is 0.243. The minimum absolute atomic E-state index is 0.667. The molecule has 0 bridgehead atoms. The van der Waals surface area contributed by atoms with Gasteiger partial charge in [0.2, 0.25) is 0 Å². The Balaban J connectivity index is 2.11. The van der Waals surface area contributed by atoms with Crippen LogP contribution in [0.5, 0.6) is 0 Å². The second-order valence-electron chi connectivity index (χ2n) is 5.53. The van der Waals surface area contributed by atoms with Crippen molar-refractivity contribution < 1.29 is 55.1 Å². The van der Waals surface area contributed by atoms with E-state index in [-0.39, 0.29) is 0 Å². The van der Waals surface area contributed by atoms with Crippen LogP contribution in [0.3, 0.4) is 0 Å². The third-order valence-corrected chi connectivity index (χ3v) is 3.98. The summed E-state index contributed by atoms with van der Waals surface area (Å²) in [6.07, 6.45) is -15.6. The van der Waals surface area contributed by atoms with Gasteiger partial charge in [0.25, 0.3) is 0 Å². The summed E-state index contributed by atoms with van der Waals surface area (Å²) in [5.74, 6) is 0. The Kier molecular flexibility index (Phi) is 6.27. The first-order valence-corrected chi connectivity index (χ1v) is 7.08. The third kappa shape index (κ3) is 3.65. The van der Waals surface area contributed by atoms with Crippen LogP contribution in [0.4, 0.5) is 0 Å². The largest absolute Gasteiger partial charge is 0.394 e. The van der Waals surface area contributed by atoms with Crippen LogP contribution < -0.4 is 0 Å². The molecule has 11 nitrogen and oxygen atoms in total. The minimum Gasteiger partial charge on any atom is -0.394 e. The van der Waals surface area contributed by atoms with Gasteiger partial charge in [0, 0.05) is 0 Å². The summed E-state index contributed by atoms with van der Waals surface area (Å²) in [7, 11) is 0. The van der Waals surface area contributed by atoms with Crippen LogP contribution >= 0.6 is 0 Å². The summed E-state index contributed by atoms with van der Waals surface area (Å²) < 4.78 is 15.3. The highest BCUT2D eigenvalue weighted by molar-refractivity contribution is 4.93. The first-order valence-electron chi connectivity index (χ1n) is 7.08. The smallest absolute Gasteiger partial charge is 0.187 e. The fraction of sp³-hybridized carbons (Fsp3) is 1.00. The van der Waals surface area contributed by atoms with Gasteiger partial charge in [0.15, 0.2) is 12.6 Å². The predicted octanol–water partition coefficient (Wildman–Crippen LogP) is -5.40. The summed E-state index contributed by atoms with van der Waals surface area (Å²) in [5.41, 5.74) is 0. The van der Waals surface area contributed by atoms with Gasteiger partial charge in [-0.2, -0.15) is 0 Å². The molecule has 0 aromatic carbocycles. The van der Waals surface area contributed by atoms with Gasteiger partial charge < -0.3 is 55.1 Å². The highest BCUT2D eigenvalue weighted by atomic mass is 16.7. The fourth-order valence-electron chi connectivity index (χ4n) is 2.57. The van der Waals surface area contributed by atoms with E-state index in [0.717, 1.165) is 0 Å². The normalized spacial score (nSPS) is 51.7. The Morgan fingerprint density at radius 1 is 0.652 bits per heavy atom. The Hall–Kier alpha value is -0.440. The van der Waals surface area contributed by atoms with Crippen molar-refractivity contribution in [1.29, 1.82) is 0 Å². The summed E-state index contributed by atoms with van der Waals surface area (Å²) in [6.45, 7) is -1.35. The molecule has 23 heavy (non-hydrogen) atoms. The monoisotopic (exact) mass is 342 g/mol. The fourth-order valence-corrected chi connectivity index (χ4v) is 2.57. The van der Waals surface area contributed by atoms with Crippen LogP contribution in [-0.4, -0.2) is 115 Å². The Bertz CT molecular complexity index is 378. The van der Waals surface area contributed by atoms with Gasteiger partial charge in [-0.25, -0.2) is 0 Å². The van der Waals surface area contributed by atoms with Crippen LogP contribution in [0.25, 0.3) is 0 Å². The zero-order valence-electron chi connectivity index (χ0n) is 12.0. The molecule has 0 saturated carbocycles. The molecule has 0 aliphatic carbocycles. The zero-order valence-corrected chi connectivity index (χ0v) is 12.0. The zero-order chi connectivity index (χ0) is 17.3. The van der Waals surface area contributed by atoms with Crippen LogP contribution in [0.15, 0.2) is 0 Å². The number of rotatable bonds is 4. The van der Waals surface area contributed by atoms with Crippen LogP contribution in [0.2, 0.25) is 0 Å². The number of hydrogen-bond donors (Lipinski definition) is 8. The third-order valence-electron chi connectivity index (χ3n) is 3.98. The summed E-state index contributed by atoms with van der Waals surface area (Å²) >= 11 is 0. The molecule has 0 aromatic rings. The standard InChI is InChI=1S/C12H22O11/c13-1-3-5(15)6(16)9(19)12(22-3)23-10-4(2-14)21-11(20)8(18)7(10)17/h3-20H,1-2H2/t3?,4?,5-,6-,7+,8?,9?,10-,11?,12-/m1/s1. The lowest BCUT2D eigenvalue weighted by atomic mass is 9.97. The van der Waals surface area contributed by atoms with E-state index >= 15 is 0 Å². The molecule has 0 radical (unpaired) electrons. The summed E-state index contributed by atoms with van der Waals surface area (Å²) in [4.78, 5) is 0. The molecule has 2 fully saturated rings.